The van der Waals surface area contributed by atoms with Crippen LogP contribution in [0.25, 0.3) is 10.6 Å². The van der Waals surface area contributed by atoms with Crippen molar-refractivity contribution in [2.75, 3.05) is 5.32 Å². The number of hydrogen-bond donors (Lipinski definition) is 1. The van der Waals surface area contributed by atoms with E-state index >= 15 is 0 Å². The zero-order chi connectivity index (χ0) is 19.4. The van der Waals surface area contributed by atoms with E-state index in [1.165, 1.54) is 41.7 Å². The first-order valence-corrected chi connectivity index (χ1v) is 8.46. The molecule has 27 heavy (non-hydrogen) atoms. The van der Waals surface area contributed by atoms with E-state index in [9.17, 15) is 22.8 Å². The van der Waals surface area contributed by atoms with Gasteiger partial charge in [0.05, 0.1) is 10.6 Å². The van der Waals surface area contributed by atoms with Crippen molar-refractivity contribution in [2.45, 2.75) is 12.9 Å². The van der Waals surface area contributed by atoms with Crippen LogP contribution in [0.15, 0.2) is 58.7 Å². The van der Waals surface area contributed by atoms with Gasteiger partial charge in [-0.25, -0.2) is 4.68 Å². The molecule has 10 heteroatoms. The van der Waals surface area contributed by atoms with Crippen LogP contribution in [0.5, 0.6) is 5.75 Å². The number of aromatic nitrogens is 2. The lowest BCUT2D eigenvalue weighted by atomic mass is 10.3. The fourth-order valence-electron chi connectivity index (χ4n) is 2.23. The molecule has 1 aromatic carbocycles. The van der Waals surface area contributed by atoms with Crippen LogP contribution in [-0.2, 0) is 11.3 Å². The number of rotatable bonds is 5. The zero-order valence-electron chi connectivity index (χ0n) is 13.6. The third-order valence-electron chi connectivity index (χ3n) is 3.32. The Hall–Kier alpha value is -3.14. The second-order valence-electron chi connectivity index (χ2n) is 5.28. The number of carbonyl (C=O) groups is 1. The summed E-state index contributed by atoms with van der Waals surface area (Å²) in [6, 6.07) is 11.6. The van der Waals surface area contributed by atoms with Crippen LogP contribution < -0.4 is 15.6 Å². The Labute approximate surface area is 154 Å². The van der Waals surface area contributed by atoms with Gasteiger partial charge in [-0.3, -0.25) is 9.59 Å². The second kappa shape index (κ2) is 7.62. The lowest BCUT2D eigenvalue weighted by Crippen LogP contribution is -2.29. The fraction of sp³-hybridized carbons (Fsp3) is 0.118. The highest BCUT2D eigenvalue weighted by molar-refractivity contribution is 7.13. The van der Waals surface area contributed by atoms with Gasteiger partial charge in [0, 0.05) is 6.07 Å². The van der Waals surface area contributed by atoms with Gasteiger partial charge in [-0.15, -0.1) is 24.5 Å². The molecule has 1 amide bonds. The number of hydrogen-bond acceptors (Lipinski definition) is 5. The maximum Gasteiger partial charge on any atom is 0.573 e. The van der Waals surface area contributed by atoms with Crippen molar-refractivity contribution in [3.8, 4) is 16.3 Å². The van der Waals surface area contributed by atoms with Gasteiger partial charge in [-0.1, -0.05) is 18.2 Å². The van der Waals surface area contributed by atoms with E-state index in [1.807, 2.05) is 17.5 Å². The van der Waals surface area contributed by atoms with E-state index in [0.717, 1.165) is 15.6 Å². The maximum absolute atomic E-state index is 12.4. The molecule has 0 radical (unpaired) electrons. The third kappa shape index (κ3) is 4.94. The van der Waals surface area contributed by atoms with E-state index in [1.54, 1.807) is 0 Å². The summed E-state index contributed by atoms with van der Waals surface area (Å²) in [7, 11) is 0. The molecule has 6 nitrogen and oxygen atoms in total. The van der Waals surface area contributed by atoms with Crippen molar-refractivity contribution in [3.05, 3.63) is 64.3 Å². The zero-order valence-corrected chi connectivity index (χ0v) is 14.4. The number of anilines is 1. The van der Waals surface area contributed by atoms with Gasteiger partial charge in [0.2, 0.25) is 5.91 Å². The molecule has 0 aliphatic carbocycles. The van der Waals surface area contributed by atoms with Crippen molar-refractivity contribution in [1.29, 1.82) is 0 Å². The number of nitrogens with one attached hydrogen (secondary N) is 1. The molecular weight excluding hydrogens is 383 g/mol. The number of thiophene rings is 1. The molecular formula is C17H12F3N3O3S. The molecule has 0 saturated carbocycles. The van der Waals surface area contributed by atoms with Gasteiger partial charge < -0.3 is 10.1 Å². The number of carbonyl (C=O) groups excluding carboxylic acids is 1. The Balaban J connectivity index is 1.77. The highest BCUT2D eigenvalue weighted by Crippen LogP contribution is 2.29. The minimum absolute atomic E-state index is 0.165. The Morgan fingerprint density at radius 3 is 2.63 bits per heavy atom. The molecule has 0 aliphatic heterocycles. The van der Waals surface area contributed by atoms with Gasteiger partial charge in [-0.2, -0.15) is 5.10 Å². The Bertz CT molecular complexity index is 1000. The number of para-hydroxylation sites is 2. The summed E-state index contributed by atoms with van der Waals surface area (Å²) in [5, 5.41) is 8.27. The fourth-order valence-corrected chi connectivity index (χ4v) is 2.92. The number of alkyl halides is 3. The standard InChI is InChI=1S/C17H12F3N3O3S/c18-17(19,20)26-13-5-2-1-4-11(13)21-15(24)10-23-16(25)8-7-12(22-23)14-6-3-9-27-14/h1-9H,10H2,(H,21,24). The Morgan fingerprint density at radius 1 is 1.15 bits per heavy atom. The monoisotopic (exact) mass is 395 g/mol. The van der Waals surface area contributed by atoms with Crippen LogP contribution in [-0.4, -0.2) is 22.1 Å². The Kier molecular flexibility index (Phi) is 5.26. The maximum atomic E-state index is 12.4. The number of benzene rings is 1. The summed E-state index contributed by atoms with van der Waals surface area (Å²) in [4.78, 5) is 25.0. The topological polar surface area (TPSA) is 73.2 Å². The highest BCUT2D eigenvalue weighted by atomic mass is 32.1. The minimum atomic E-state index is -4.89. The van der Waals surface area contributed by atoms with Crippen molar-refractivity contribution >= 4 is 22.9 Å². The predicted molar refractivity (Wildman–Crippen MR) is 93.6 cm³/mol. The van der Waals surface area contributed by atoms with Crippen molar-refractivity contribution in [2.24, 2.45) is 0 Å². The van der Waals surface area contributed by atoms with Crippen LogP contribution in [0.4, 0.5) is 18.9 Å². The van der Waals surface area contributed by atoms with Crippen LogP contribution in [0.3, 0.4) is 0 Å². The van der Waals surface area contributed by atoms with Crippen molar-refractivity contribution in [3.63, 3.8) is 0 Å². The average Bonchev–Trinajstić information content (AvgIpc) is 3.12. The number of ether oxygens (including phenoxy) is 1. The molecule has 1 N–H and O–H groups in total. The van der Waals surface area contributed by atoms with E-state index in [-0.39, 0.29) is 5.69 Å². The quantitative estimate of drug-likeness (QED) is 0.718. The average molecular weight is 395 g/mol. The molecule has 0 bridgehead atoms. The molecule has 3 aromatic rings. The second-order valence-corrected chi connectivity index (χ2v) is 6.23. The number of halogens is 3. The SMILES string of the molecule is O=C(Cn1nc(-c2cccs2)ccc1=O)Nc1ccccc1OC(F)(F)F. The lowest BCUT2D eigenvalue weighted by molar-refractivity contribution is -0.274. The predicted octanol–water partition coefficient (Wildman–Crippen LogP) is 3.51. The first-order valence-electron chi connectivity index (χ1n) is 7.58. The van der Waals surface area contributed by atoms with Crippen molar-refractivity contribution < 1.29 is 22.7 Å². The van der Waals surface area contributed by atoms with E-state index < -0.39 is 30.1 Å². The molecule has 2 heterocycles. The molecule has 0 spiro atoms. The van der Waals surface area contributed by atoms with Crippen LogP contribution in [0, 0.1) is 0 Å². The molecule has 2 aromatic heterocycles. The van der Waals surface area contributed by atoms with Gasteiger partial charge in [-0.05, 0) is 29.6 Å². The van der Waals surface area contributed by atoms with Crippen LogP contribution in [0.2, 0.25) is 0 Å². The van der Waals surface area contributed by atoms with Crippen molar-refractivity contribution in [1.82, 2.24) is 9.78 Å². The van der Waals surface area contributed by atoms with E-state index in [2.05, 4.69) is 15.2 Å². The molecule has 0 atom stereocenters. The summed E-state index contributed by atoms with van der Waals surface area (Å²) >= 11 is 1.42. The molecule has 0 aliphatic rings. The normalized spacial score (nSPS) is 11.2. The number of nitrogens with zero attached hydrogens (tertiary/aromatic N) is 2. The van der Waals surface area contributed by atoms with Crippen LogP contribution in [0.1, 0.15) is 0 Å². The first kappa shape index (κ1) is 18.6. The van der Waals surface area contributed by atoms with Gasteiger partial charge in [0.1, 0.15) is 12.2 Å². The molecule has 140 valence electrons. The summed E-state index contributed by atoms with van der Waals surface area (Å²) in [5.41, 5.74) is -0.161. The molecule has 0 saturated heterocycles. The van der Waals surface area contributed by atoms with E-state index in [0.29, 0.717) is 5.69 Å². The highest BCUT2D eigenvalue weighted by Gasteiger charge is 2.32. The number of amides is 1. The Morgan fingerprint density at radius 2 is 1.93 bits per heavy atom. The minimum Gasteiger partial charge on any atom is -0.404 e. The molecule has 0 fully saturated rings. The van der Waals surface area contributed by atoms with E-state index in [4.69, 9.17) is 0 Å². The largest absolute Gasteiger partial charge is 0.573 e. The van der Waals surface area contributed by atoms with Crippen LogP contribution >= 0.6 is 11.3 Å². The third-order valence-corrected chi connectivity index (χ3v) is 4.21. The lowest BCUT2D eigenvalue weighted by Gasteiger charge is -2.14. The molecule has 0 unspecified atom stereocenters. The summed E-state index contributed by atoms with van der Waals surface area (Å²) in [6.45, 7) is -0.460. The molecule has 3 rings (SSSR count). The van der Waals surface area contributed by atoms with Gasteiger partial charge >= 0.3 is 6.36 Å². The van der Waals surface area contributed by atoms with Gasteiger partial charge in [0.25, 0.3) is 5.56 Å². The summed E-state index contributed by atoms with van der Waals surface area (Å²) in [6.07, 6.45) is -4.89. The summed E-state index contributed by atoms with van der Waals surface area (Å²) < 4.78 is 42.2. The van der Waals surface area contributed by atoms with Gasteiger partial charge in [0.15, 0.2) is 5.75 Å². The first-order chi connectivity index (χ1) is 12.8. The summed E-state index contributed by atoms with van der Waals surface area (Å²) in [5.74, 6) is -1.27. The smallest absolute Gasteiger partial charge is 0.404 e.